The SMILES string of the molecule is O=C(Nc1ccc(F)cc1)[C@H]1Sc2nnc(-c3ccccc3)n2N[C@@H]1c1ccc(Cl)cc1. The Morgan fingerprint density at radius 2 is 1.72 bits per heavy atom. The second-order valence-corrected chi connectivity index (χ2v) is 8.75. The van der Waals surface area contributed by atoms with Crippen LogP contribution in [-0.2, 0) is 4.79 Å². The highest BCUT2D eigenvalue weighted by Gasteiger charge is 2.38. The number of benzene rings is 3. The summed E-state index contributed by atoms with van der Waals surface area (Å²) in [6.07, 6.45) is 0. The molecule has 1 aliphatic rings. The zero-order valence-corrected chi connectivity index (χ0v) is 18.1. The summed E-state index contributed by atoms with van der Waals surface area (Å²) >= 11 is 7.40. The average molecular weight is 466 g/mol. The van der Waals surface area contributed by atoms with Gasteiger partial charge in [0.15, 0.2) is 5.82 Å². The Bertz CT molecular complexity index is 1250. The van der Waals surface area contributed by atoms with Crippen molar-refractivity contribution in [2.45, 2.75) is 16.4 Å². The molecule has 1 aliphatic heterocycles. The molecule has 160 valence electrons. The number of halogens is 2. The number of nitrogens with zero attached hydrogens (tertiary/aromatic N) is 3. The Hall–Kier alpha value is -3.36. The molecule has 2 atom stereocenters. The summed E-state index contributed by atoms with van der Waals surface area (Å²) in [6.45, 7) is 0. The Morgan fingerprint density at radius 1 is 1.00 bits per heavy atom. The number of anilines is 1. The number of carbonyl (C=O) groups is 1. The molecule has 32 heavy (non-hydrogen) atoms. The lowest BCUT2D eigenvalue weighted by atomic mass is 10.0. The number of fused-ring (bicyclic) bond motifs is 1. The molecule has 2 N–H and O–H groups in total. The van der Waals surface area contributed by atoms with E-state index in [2.05, 4.69) is 20.9 Å². The van der Waals surface area contributed by atoms with Gasteiger partial charge in [0.05, 0.1) is 6.04 Å². The fourth-order valence-electron chi connectivity index (χ4n) is 3.50. The molecular formula is C23H17ClFN5OS. The van der Waals surface area contributed by atoms with Crippen LogP contribution < -0.4 is 10.7 Å². The van der Waals surface area contributed by atoms with Gasteiger partial charge in [0.25, 0.3) is 0 Å². The predicted octanol–water partition coefficient (Wildman–Crippen LogP) is 5.14. The summed E-state index contributed by atoms with van der Waals surface area (Å²) in [5.74, 6) is 0.0614. The summed E-state index contributed by atoms with van der Waals surface area (Å²) in [6, 6.07) is 22.3. The first-order chi connectivity index (χ1) is 15.6. The molecule has 0 saturated heterocycles. The number of carbonyl (C=O) groups excluding carboxylic acids is 1. The van der Waals surface area contributed by atoms with Crippen molar-refractivity contribution < 1.29 is 9.18 Å². The number of aromatic nitrogens is 3. The van der Waals surface area contributed by atoms with Crippen molar-refractivity contribution in [2.75, 3.05) is 10.7 Å². The molecule has 9 heteroatoms. The minimum absolute atomic E-state index is 0.232. The summed E-state index contributed by atoms with van der Waals surface area (Å²) in [5.41, 5.74) is 5.72. The number of thioether (sulfide) groups is 1. The van der Waals surface area contributed by atoms with Crippen LogP contribution in [0, 0.1) is 5.82 Å². The second-order valence-electron chi connectivity index (χ2n) is 7.20. The van der Waals surface area contributed by atoms with Gasteiger partial charge in [-0.05, 0) is 42.0 Å². The van der Waals surface area contributed by atoms with Crippen molar-refractivity contribution in [2.24, 2.45) is 0 Å². The average Bonchev–Trinajstić information content (AvgIpc) is 3.24. The fourth-order valence-corrected chi connectivity index (χ4v) is 4.70. The lowest BCUT2D eigenvalue weighted by molar-refractivity contribution is -0.116. The van der Waals surface area contributed by atoms with E-state index in [-0.39, 0.29) is 17.8 Å². The lowest BCUT2D eigenvalue weighted by Crippen LogP contribution is -2.41. The van der Waals surface area contributed by atoms with Gasteiger partial charge < -0.3 is 10.7 Å². The predicted molar refractivity (Wildman–Crippen MR) is 124 cm³/mol. The van der Waals surface area contributed by atoms with E-state index < -0.39 is 5.25 Å². The monoisotopic (exact) mass is 465 g/mol. The minimum Gasteiger partial charge on any atom is -0.325 e. The number of rotatable bonds is 4. The zero-order valence-electron chi connectivity index (χ0n) is 16.6. The molecule has 0 unspecified atom stereocenters. The normalized spacial score (nSPS) is 17.3. The fraction of sp³-hybridized carbons (Fsp3) is 0.0870. The molecule has 2 heterocycles. The van der Waals surface area contributed by atoms with Crippen molar-refractivity contribution >= 4 is 35.0 Å². The summed E-state index contributed by atoms with van der Waals surface area (Å²) in [4.78, 5) is 13.2. The maximum absolute atomic E-state index is 13.2. The van der Waals surface area contributed by atoms with Crippen LogP contribution in [0.2, 0.25) is 5.02 Å². The van der Waals surface area contributed by atoms with Gasteiger partial charge in [0.1, 0.15) is 11.1 Å². The first kappa shape index (κ1) is 20.5. The summed E-state index contributed by atoms with van der Waals surface area (Å²) in [5, 5.41) is 12.1. The first-order valence-electron chi connectivity index (χ1n) is 9.84. The molecule has 4 aromatic rings. The molecule has 0 saturated carbocycles. The van der Waals surface area contributed by atoms with Gasteiger partial charge in [0.2, 0.25) is 11.1 Å². The smallest absolute Gasteiger partial charge is 0.240 e. The van der Waals surface area contributed by atoms with Crippen molar-refractivity contribution in [1.82, 2.24) is 14.9 Å². The van der Waals surface area contributed by atoms with E-state index in [0.29, 0.717) is 21.7 Å². The molecular weight excluding hydrogens is 449 g/mol. The minimum atomic E-state index is -0.554. The van der Waals surface area contributed by atoms with E-state index in [1.165, 1.54) is 36.0 Å². The van der Waals surface area contributed by atoms with Gasteiger partial charge in [0, 0.05) is 16.3 Å². The van der Waals surface area contributed by atoms with Crippen LogP contribution in [0.3, 0.4) is 0 Å². The van der Waals surface area contributed by atoms with Crippen LogP contribution >= 0.6 is 23.4 Å². The third kappa shape index (κ3) is 4.06. The molecule has 0 fully saturated rings. The first-order valence-corrected chi connectivity index (χ1v) is 11.1. The molecule has 1 aromatic heterocycles. The Kier molecular flexibility index (Phi) is 5.55. The highest BCUT2D eigenvalue weighted by molar-refractivity contribution is 8.00. The Balaban J connectivity index is 1.50. The van der Waals surface area contributed by atoms with Crippen LogP contribution in [0.15, 0.2) is 84.0 Å². The Labute approximate surface area is 192 Å². The number of hydrogen-bond acceptors (Lipinski definition) is 5. The standard InChI is InChI=1S/C23H17ClFN5OS/c24-16-8-6-14(7-9-16)19-20(22(31)26-18-12-10-17(25)11-13-18)32-23-28-27-21(30(23)29-19)15-4-2-1-3-5-15/h1-13,19-20,29H,(H,26,31)/t19-,20+/m1/s1. The highest BCUT2D eigenvalue weighted by atomic mass is 35.5. The quantitative estimate of drug-likeness (QED) is 0.437. The van der Waals surface area contributed by atoms with Gasteiger partial charge in [-0.25, -0.2) is 9.07 Å². The van der Waals surface area contributed by atoms with E-state index in [4.69, 9.17) is 11.6 Å². The number of nitrogens with one attached hydrogen (secondary N) is 2. The van der Waals surface area contributed by atoms with Crippen molar-refractivity contribution in [3.63, 3.8) is 0 Å². The van der Waals surface area contributed by atoms with E-state index in [1.54, 1.807) is 16.8 Å². The summed E-state index contributed by atoms with van der Waals surface area (Å²) in [7, 11) is 0. The summed E-state index contributed by atoms with van der Waals surface area (Å²) < 4.78 is 15.1. The van der Waals surface area contributed by atoms with Gasteiger partial charge in [-0.3, -0.25) is 4.79 Å². The van der Waals surface area contributed by atoms with Crippen molar-refractivity contribution in [3.05, 3.63) is 95.3 Å². The van der Waals surface area contributed by atoms with Crippen LogP contribution in [0.25, 0.3) is 11.4 Å². The van der Waals surface area contributed by atoms with Crippen molar-refractivity contribution in [1.29, 1.82) is 0 Å². The molecule has 6 nitrogen and oxygen atoms in total. The zero-order chi connectivity index (χ0) is 22.1. The molecule has 0 radical (unpaired) electrons. The van der Waals surface area contributed by atoms with Crippen molar-refractivity contribution in [3.8, 4) is 11.4 Å². The third-order valence-electron chi connectivity index (χ3n) is 5.07. The van der Waals surface area contributed by atoms with Crippen LogP contribution in [0.5, 0.6) is 0 Å². The number of amides is 1. The molecule has 0 aliphatic carbocycles. The van der Waals surface area contributed by atoms with E-state index >= 15 is 0 Å². The maximum atomic E-state index is 13.2. The maximum Gasteiger partial charge on any atom is 0.240 e. The topological polar surface area (TPSA) is 71.8 Å². The van der Waals surface area contributed by atoms with Gasteiger partial charge in [-0.1, -0.05) is 65.8 Å². The van der Waals surface area contributed by atoms with Crippen LogP contribution in [0.4, 0.5) is 10.1 Å². The number of hydrogen-bond donors (Lipinski definition) is 2. The molecule has 3 aromatic carbocycles. The molecule has 5 rings (SSSR count). The van der Waals surface area contributed by atoms with Gasteiger partial charge in [-0.15, -0.1) is 10.2 Å². The lowest BCUT2D eigenvalue weighted by Gasteiger charge is -2.33. The second kappa shape index (κ2) is 8.64. The molecule has 0 bridgehead atoms. The van der Waals surface area contributed by atoms with E-state index in [1.807, 2.05) is 42.5 Å². The molecule has 0 spiro atoms. The van der Waals surface area contributed by atoms with Gasteiger partial charge in [-0.2, -0.15) is 0 Å². The van der Waals surface area contributed by atoms with E-state index in [0.717, 1.165) is 11.1 Å². The largest absolute Gasteiger partial charge is 0.325 e. The third-order valence-corrected chi connectivity index (χ3v) is 6.54. The van der Waals surface area contributed by atoms with Crippen LogP contribution in [0.1, 0.15) is 11.6 Å². The highest BCUT2D eigenvalue weighted by Crippen LogP contribution is 2.39. The van der Waals surface area contributed by atoms with E-state index in [9.17, 15) is 9.18 Å². The Morgan fingerprint density at radius 3 is 2.44 bits per heavy atom. The molecule has 1 amide bonds. The van der Waals surface area contributed by atoms with Gasteiger partial charge >= 0.3 is 0 Å². The van der Waals surface area contributed by atoms with Crippen LogP contribution in [-0.4, -0.2) is 26.0 Å².